The van der Waals surface area contributed by atoms with Gasteiger partial charge < -0.3 is 10.1 Å². The third kappa shape index (κ3) is 4.05. The first-order chi connectivity index (χ1) is 9.72. The molecule has 0 aromatic carbocycles. The molecule has 20 heavy (non-hydrogen) atoms. The van der Waals surface area contributed by atoms with Crippen LogP contribution < -0.4 is 10.1 Å². The molecule has 1 N–H and O–H groups in total. The van der Waals surface area contributed by atoms with Gasteiger partial charge in [0.1, 0.15) is 5.75 Å². The zero-order valence-corrected chi connectivity index (χ0v) is 13.2. The number of aromatic nitrogens is 1. The Kier molecular flexibility index (Phi) is 5.56. The van der Waals surface area contributed by atoms with E-state index >= 15 is 0 Å². The van der Waals surface area contributed by atoms with Crippen molar-refractivity contribution in [3.8, 4) is 5.75 Å². The van der Waals surface area contributed by atoms with Crippen LogP contribution in [0.1, 0.15) is 42.1 Å². The molecule has 0 fully saturated rings. The van der Waals surface area contributed by atoms with Crippen LogP contribution in [0, 0.1) is 6.92 Å². The molecule has 1 atom stereocenters. The molecule has 0 aliphatic heterocycles. The van der Waals surface area contributed by atoms with Crippen LogP contribution in [0.25, 0.3) is 0 Å². The van der Waals surface area contributed by atoms with Gasteiger partial charge in [0.25, 0.3) is 0 Å². The van der Waals surface area contributed by atoms with E-state index in [1.54, 1.807) is 7.11 Å². The molecule has 1 unspecified atom stereocenters. The van der Waals surface area contributed by atoms with E-state index in [0.717, 1.165) is 30.1 Å². The van der Waals surface area contributed by atoms with E-state index in [4.69, 9.17) is 4.74 Å². The second-order valence-corrected chi connectivity index (χ2v) is 5.86. The van der Waals surface area contributed by atoms with Gasteiger partial charge in [0.15, 0.2) is 0 Å². The summed E-state index contributed by atoms with van der Waals surface area (Å²) < 4.78 is 5.30. The number of pyridine rings is 1. The van der Waals surface area contributed by atoms with Crippen LogP contribution in [-0.2, 0) is 6.54 Å². The van der Waals surface area contributed by atoms with Gasteiger partial charge in [-0.3, -0.25) is 4.98 Å². The minimum absolute atomic E-state index is 0.410. The maximum atomic E-state index is 5.30. The van der Waals surface area contributed by atoms with Crippen molar-refractivity contribution >= 4 is 11.3 Å². The average Bonchev–Trinajstić information content (AvgIpc) is 2.96. The first-order valence-corrected chi connectivity index (χ1v) is 7.89. The van der Waals surface area contributed by atoms with Crippen molar-refractivity contribution in [2.45, 2.75) is 39.3 Å². The lowest BCUT2D eigenvalue weighted by atomic mass is 10.1. The molecule has 0 aliphatic rings. The molecule has 3 nitrogen and oxygen atoms in total. The molecular formula is C16H22N2OS. The highest BCUT2D eigenvalue weighted by atomic mass is 32.1. The molecule has 0 spiro atoms. The average molecular weight is 290 g/mol. The van der Waals surface area contributed by atoms with Crippen molar-refractivity contribution in [2.24, 2.45) is 0 Å². The normalized spacial score (nSPS) is 12.3. The maximum Gasteiger partial charge on any atom is 0.122 e. The zero-order chi connectivity index (χ0) is 14.4. The largest absolute Gasteiger partial charge is 0.497 e. The van der Waals surface area contributed by atoms with Gasteiger partial charge in [0.2, 0.25) is 0 Å². The Morgan fingerprint density at radius 1 is 1.40 bits per heavy atom. The molecule has 0 amide bonds. The van der Waals surface area contributed by atoms with Gasteiger partial charge in [-0.15, -0.1) is 11.3 Å². The monoisotopic (exact) mass is 290 g/mol. The van der Waals surface area contributed by atoms with Crippen molar-refractivity contribution in [1.29, 1.82) is 0 Å². The lowest BCUT2D eigenvalue weighted by molar-refractivity contribution is 0.412. The van der Waals surface area contributed by atoms with Crippen LogP contribution in [0.3, 0.4) is 0 Å². The Bertz CT molecular complexity index is 525. The Hall–Kier alpha value is -1.39. The van der Waals surface area contributed by atoms with E-state index in [2.05, 4.69) is 34.7 Å². The molecule has 0 saturated heterocycles. The van der Waals surface area contributed by atoms with E-state index < -0.39 is 0 Å². The number of hydrogen-bond acceptors (Lipinski definition) is 4. The van der Waals surface area contributed by atoms with Crippen LogP contribution in [0.2, 0.25) is 0 Å². The molecule has 2 rings (SSSR count). The lowest BCUT2D eigenvalue weighted by Gasteiger charge is -2.17. The summed E-state index contributed by atoms with van der Waals surface area (Å²) in [6.07, 6.45) is 2.31. The first-order valence-electron chi connectivity index (χ1n) is 7.01. The van der Waals surface area contributed by atoms with Gasteiger partial charge in [-0.2, -0.15) is 0 Å². The van der Waals surface area contributed by atoms with Gasteiger partial charge in [0, 0.05) is 35.3 Å². The molecule has 2 heterocycles. The minimum atomic E-state index is 0.410. The third-order valence-electron chi connectivity index (χ3n) is 3.21. The predicted molar refractivity (Wildman–Crippen MR) is 84.3 cm³/mol. The van der Waals surface area contributed by atoms with Crippen LogP contribution in [0.4, 0.5) is 0 Å². The predicted octanol–water partition coefficient (Wildman–Crippen LogP) is 4.09. The molecule has 4 heteroatoms. The molecule has 0 radical (unpaired) electrons. The van der Waals surface area contributed by atoms with Gasteiger partial charge in [-0.05, 0) is 24.8 Å². The Balaban J connectivity index is 2.04. The van der Waals surface area contributed by atoms with E-state index in [1.807, 2.05) is 30.4 Å². The van der Waals surface area contributed by atoms with Crippen LogP contribution in [-0.4, -0.2) is 12.1 Å². The number of rotatable bonds is 7. The van der Waals surface area contributed by atoms with E-state index in [9.17, 15) is 0 Å². The smallest absolute Gasteiger partial charge is 0.122 e. The van der Waals surface area contributed by atoms with Crippen molar-refractivity contribution in [2.75, 3.05) is 7.11 Å². The summed E-state index contributed by atoms with van der Waals surface area (Å²) in [5.74, 6) is 0.873. The van der Waals surface area contributed by atoms with Crippen LogP contribution in [0.15, 0.2) is 29.6 Å². The standard InChI is InChI=1S/C16H22N2OS/c1-4-6-15(16-7-5-8-20-16)17-11-13-10-14(19-3)9-12(2)18-13/h5,7-10,15,17H,4,6,11H2,1-3H3. The van der Waals surface area contributed by atoms with E-state index in [1.165, 1.54) is 11.3 Å². The molecule has 0 bridgehead atoms. The SMILES string of the molecule is CCCC(NCc1cc(OC)cc(C)n1)c1cccs1. The number of nitrogens with one attached hydrogen (secondary N) is 1. The maximum absolute atomic E-state index is 5.30. The summed E-state index contributed by atoms with van der Waals surface area (Å²) >= 11 is 1.81. The van der Waals surface area contributed by atoms with Gasteiger partial charge in [-0.1, -0.05) is 19.4 Å². The van der Waals surface area contributed by atoms with Crippen LogP contribution >= 0.6 is 11.3 Å². The first kappa shape index (κ1) is 15.0. The van der Waals surface area contributed by atoms with Crippen molar-refractivity contribution in [1.82, 2.24) is 10.3 Å². The zero-order valence-electron chi connectivity index (χ0n) is 12.3. The summed E-state index contributed by atoms with van der Waals surface area (Å²) in [6.45, 7) is 4.98. The molecule has 0 saturated carbocycles. The van der Waals surface area contributed by atoms with E-state index in [0.29, 0.717) is 6.04 Å². The molecule has 0 aliphatic carbocycles. The molecule has 2 aromatic heterocycles. The Labute approximate surface area is 125 Å². The number of thiophene rings is 1. The number of hydrogen-bond donors (Lipinski definition) is 1. The second kappa shape index (κ2) is 7.41. The number of aryl methyl sites for hydroxylation is 1. The quantitative estimate of drug-likeness (QED) is 0.834. The fraction of sp³-hybridized carbons (Fsp3) is 0.438. The number of ether oxygens (including phenoxy) is 1. The highest BCUT2D eigenvalue weighted by Crippen LogP contribution is 2.24. The number of methoxy groups -OCH3 is 1. The lowest BCUT2D eigenvalue weighted by Crippen LogP contribution is -2.20. The van der Waals surface area contributed by atoms with E-state index in [-0.39, 0.29) is 0 Å². The van der Waals surface area contributed by atoms with Crippen molar-refractivity contribution in [3.05, 3.63) is 45.9 Å². The summed E-state index contributed by atoms with van der Waals surface area (Å²) in [6, 6.07) is 8.66. The Morgan fingerprint density at radius 3 is 2.90 bits per heavy atom. The second-order valence-electron chi connectivity index (χ2n) is 4.88. The fourth-order valence-electron chi connectivity index (χ4n) is 2.26. The van der Waals surface area contributed by atoms with Crippen molar-refractivity contribution in [3.63, 3.8) is 0 Å². The highest BCUT2D eigenvalue weighted by molar-refractivity contribution is 7.10. The van der Waals surface area contributed by atoms with Crippen LogP contribution in [0.5, 0.6) is 5.75 Å². The summed E-state index contributed by atoms with van der Waals surface area (Å²) in [5, 5.41) is 5.74. The van der Waals surface area contributed by atoms with Gasteiger partial charge in [0.05, 0.1) is 12.8 Å². The summed E-state index contributed by atoms with van der Waals surface area (Å²) in [5.41, 5.74) is 2.02. The van der Waals surface area contributed by atoms with Crippen molar-refractivity contribution < 1.29 is 4.74 Å². The highest BCUT2D eigenvalue weighted by Gasteiger charge is 2.11. The summed E-state index contributed by atoms with van der Waals surface area (Å²) in [7, 11) is 1.69. The minimum Gasteiger partial charge on any atom is -0.497 e. The topological polar surface area (TPSA) is 34.1 Å². The third-order valence-corrected chi connectivity index (χ3v) is 4.20. The number of nitrogens with zero attached hydrogens (tertiary/aromatic N) is 1. The van der Waals surface area contributed by atoms with Gasteiger partial charge >= 0.3 is 0 Å². The molecular weight excluding hydrogens is 268 g/mol. The van der Waals surface area contributed by atoms with Gasteiger partial charge in [-0.25, -0.2) is 0 Å². The Morgan fingerprint density at radius 2 is 2.25 bits per heavy atom. The fourth-order valence-corrected chi connectivity index (χ4v) is 3.10. The molecule has 108 valence electrons. The molecule has 2 aromatic rings. The summed E-state index contributed by atoms with van der Waals surface area (Å²) in [4.78, 5) is 5.95.